The second-order valence-corrected chi connectivity index (χ2v) is 7.54. The highest BCUT2D eigenvalue weighted by Gasteiger charge is 2.43. The Bertz CT molecular complexity index is 403. The van der Waals surface area contributed by atoms with Crippen molar-refractivity contribution in [3.05, 3.63) is 15.6 Å². The lowest BCUT2D eigenvalue weighted by atomic mass is 9.70. The molecule has 0 radical (unpaired) electrons. The van der Waals surface area contributed by atoms with Crippen molar-refractivity contribution < 1.29 is 0 Å². The number of nitrogens with zero attached hydrogens (tertiary/aromatic N) is 1. The van der Waals surface area contributed by atoms with E-state index >= 15 is 0 Å². The van der Waals surface area contributed by atoms with Gasteiger partial charge < -0.3 is 5.32 Å². The van der Waals surface area contributed by atoms with Gasteiger partial charge in [-0.05, 0) is 57.9 Å². The van der Waals surface area contributed by atoms with Gasteiger partial charge in [0, 0.05) is 4.88 Å². The first kappa shape index (κ1) is 15.0. The molecule has 19 heavy (non-hydrogen) atoms. The Morgan fingerprint density at radius 3 is 2.63 bits per heavy atom. The zero-order valence-electron chi connectivity index (χ0n) is 13.0. The minimum absolute atomic E-state index is 0.131. The van der Waals surface area contributed by atoms with Gasteiger partial charge >= 0.3 is 0 Å². The summed E-state index contributed by atoms with van der Waals surface area (Å²) in [4.78, 5) is 6.26. The van der Waals surface area contributed by atoms with Crippen LogP contribution in [-0.2, 0) is 5.54 Å². The van der Waals surface area contributed by atoms with Crippen molar-refractivity contribution in [2.45, 2.75) is 65.8 Å². The smallest absolute Gasteiger partial charge is 0.114 e. The molecule has 1 heterocycles. The maximum absolute atomic E-state index is 4.89. The summed E-state index contributed by atoms with van der Waals surface area (Å²) in [7, 11) is 0. The number of hydrogen-bond acceptors (Lipinski definition) is 3. The van der Waals surface area contributed by atoms with E-state index in [9.17, 15) is 0 Å². The first-order chi connectivity index (χ1) is 8.99. The third-order valence-electron chi connectivity index (χ3n) is 4.73. The maximum Gasteiger partial charge on any atom is 0.114 e. The molecular weight excluding hydrogens is 252 g/mol. The van der Waals surface area contributed by atoms with E-state index in [0.717, 1.165) is 12.5 Å². The van der Waals surface area contributed by atoms with Crippen LogP contribution in [0.3, 0.4) is 0 Å². The van der Waals surface area contributed by atoms with Crippen LogP contribution in [0.15, 0.2) is 0 Å². The first-order valence-corrected chi connectivity index (χ1v) is 8.50. The molecule has 2 nitrogen and oxygen atoms in total. The molecule has 1 fully saturated rings. The molecule has 3 unspecified atom stereocenters. The standard InChI is InChI=1S/C16H28N2S/c1-6-9-17-16(8-7-11(2)10-12(16)3)15-18-13(4)14(5)19-15/h11-12,17H,6-10H2,1-5H3. The second-order valence-electron chi connectivity index (χ2n) is 6.34. The molecule has 2 rings (SSSR count). The van der Waals surface area contributed by atoms with Crippen LogP contribution in [-0.4, -0.2) is 11.5 Å². The molecule has 1 aliphatic carbocycles. The Kier molecular flexibility index (Phi) is 4.67. The second kappa shape index (κ2) is 5.92. The molecule has 108 valence electrons. The molecule has 0 saturated heterocycles. The molecule has 0 amide bonds. The van der Waals surface area contributed by atoms with Crippen molar-refractivity contribution in [1.29, 1.82) is 0 Å². The lowest BCUT2D eigenvalue weighted by Crippen LogP contribution is -2.50. The van der Waals surface area contributed by atoms with E-state index < -0.39 is 0 Å². The first-order valence-electron chi connectivity index (χ1n) is 7.69. The van der Waals surface area contributed by atoms with Crippen molar-refractivity contribution in [3.63, 3.8) is 0 Å². The fraction of sp³-hybridized carbons (Fsp3) is 0.812. The number of thiazole rings is 1. The van der Waals surface area contributed by atoms with Gasteiger partial charge in [0.05, 0.1) is 11.2 Å². The summed E-state index contributed by atoms with van der Waals surface area (Å²) < 4.78 is 0. The minimum Gasteiger partial charge on any atom is -0.305 e. The van der Waals surface area contributed by atoms with E-state index in [1.807, 2.05) is 11.3 Å². The van der Waals surface area contributed by atoms with Gasteiger partial charge in [0.15, 0.2) is 0 Å². The predicted octanol–water partition coefficient (Wildman–Crippen LogP) is 4.41. The van der Waals surface area contributed by atoms with Gasteiger partial charge in [-0.2, -0.15) is 0 Å². The Morgan fingerprint density at radius 2 is 2.11 bits per heavy atom. The Morgan fingerprint density at radius 1 is 1.37 bits per heavy atom. The normalized spacial score (nSPS) is 31.6. The van der Waals surface area contributed by atoms with Crippen LogP contribution < -0.4 is 5.32 Å². The summed E-state index contributed by atoms with van der Waals surface area (Å²) >= 11 is 1.90. The number of aryl methyl sites for hydroxylation is 2. The molecule has 3 heteroatoms. The quantitative estimate of drug-likeness (QED) is 0.883. The van der Waals surface area contributed by atoms with Crippen molar-refractivity contribution in [2.24, 2.45) is 11.8 Å². The van der Waals surface area contributed by atoms with E-state index in [2.05, 4.69) is 39.9 Å². The molecule has 1 aromatic heterocycles. The fourth-order valence-corrected chi connectivity index (χ4v) is 4.53. The van der Waals surface area contributed by atoms with E-state index in [0.29, 0.717) is 5.92 Å². The van der Waals surface area contributed by atoms with E-state index in [4.69, 9.17) is 4.98 Å². The van der Waals surface area contributed by atoms with E-state index in [1.165, 1.54) is 41.3 Å². The fourth-order valence-electron chi connectivity index (χ4n) is 3.31. The monoisotopic (exact) mass is 280 g/mol. The molecule has 3 atom stereocenters. The summed E-state index contributed by atoms with van der Waals surface area (Å²) in [6, 6.07) is 0. The molecule has 1 saturated carbocycles. The van der Waals surface area contributed by atoms with Gasteiger partial charge in [-0.3, -0.25) is 0 Å². The average Bonchev–Trinajstić information content (AvgIpc) is 2.70. The molecular formula is C16H28N2S. The predicted molar refractivity (Wildman–Crippen MR) is 83.7 cm³/mol. The molecule has 0 bridgehead atoms. The topological polar surface area (TPSA) is 24.9 Å². The highest BCUT2D eigenvalue weighted by atomic mass is 32.1. The lowest BCUT2D eigenvalue weighted by Gasteiger charge is -2.44. The van der Waals surface area contributed by atoms with Gasteiger partial charge in [-0.25, -0.2) is 4.98 Å². The van der Waals surface area contributed by atoms with Gasteiger partial charge in [-0.1, -0.05) is 20.8 Å². The Balaban J connectivity index is 2.33. The maximum atomic E-state index is 4.89. The third kappa shape index (κ3) is 2.87. The number of aromatic nitrogens is 1. The number of nitrogens with one attached hydrogen (secondary N) is 1. The average molecular weight is 280 g/mol. The summed E-state index contributed by atoms with van der Waals surface area (Å²) in [6.45, 7) is 12.5. The van der Waals surface area contributed by atoms with Crippen molar-refractivity contribution in [1.82, 2.24) is 10.3 Å². The van der Waals surface area contributed by atoms with Crippen molar-refractivity contribution in [3.8, 4) is 0 Å². The Hall–Kier alpha value is -0.410. The van der Waals surface area contributed by atoms with Crippen LogP contribution in [0.1, 0.15) is 62.0 Å². The van der Waals surface area contributed by atoms with Gasteiger partial charge in [0.2, 0.25) is 0 Å². The van der Waals surface area contributed by atoms with E-state index in [1.54, 1.807) is 0 Å². The van der Waals surface area contributed by atoms with Crippen LogP contribution in [0, 0.1) is 25.7 Å². The van der Waals surface area contributed by atoms with Crippen LogP contribution >= 0.6 is 11.3 Å². The third-order valence-corrected chi connectivity index (χ3v) is 5.98. The van der Waals surface area contributed by atoms with E-state index in [-0.39, 0.29) is 5.54 Å². The lowest BCUT2D eigenvalue weighted by molar-refractivity contribution is 0.122. The molecule has 1 aliphatic rings. The van der Waals surface area contributed by atoms with Crippen molar-refractivity contribution >= 4 is 11.3 Å². The molecule has 1 N–H and O–H groups in total. The molecule has 0 aliphatic heterocycles. The van der Waals surface area contributed by atoms with Gasteiger partial charge in [0.25, 0.3) is 0 Å². The highest BCUT2D eigenvalue weighted by molar-refractivity contribution is 7.11. The van der Waals surface area contributed by atoms with Crippen molar-refractivity contribution in [2.75, 3.05) is 6.54 Å². The van der Waals surface area contributed by atoms with Crippen LogP contribution in [0.5, 0.6) is 0 Å². The summed E-state index contributed by atoms with van der Waals surface area (Å²) in [6.07, 6.45) is 5.06. The number of rotatable bonds is 4. The van der Waals surface area contributed by atoms with Gasteiger partial charge in [-0.15, -0.1) is 11.3 Å². The largest absolute Gasteiger partial charge is 0.305 e. The highest BCUT2D eigenvalue weighted by Crippen LogP contribution is 2.45. The Labute approximate surface area is 122 Å². The van der Waals surface area contributed by atoms with Crippen LogP contribution in [0.4, 0.5) is 0 Å². The minimum atomic E-state index is 0.131. The summed E-state index contributed by atoms with van der Waals surface area (Å²) in [5.41, 5.74) is 1.34. The zero-order chi connectivity index (χ0) is 14.0. The SMILES string of the molecule is CCCNC1(c2nc(C)c(C)s2)CCC(C)CC1C. The molecule has 1 aromatic rings. The molecule has 0 spiro atoms. The number of hydrogen-bond donors (Lipinski definition) is 1. The molecule has 0 aromatic carbocycles. The summed E-state index contributed by atoms with van der Waals surface area (Å²) in [5, 5.41) is 5.19. The zero-order valence-corrected chi connectivity index (χ0v) is 13.9. The van der Waals surface area contributed by atoms with Gasteiger partial charge in [0.1, 0.15) is 5.01 Å². The van der Waals surface area contributed by atoms with Crippen LogP contribution in [0.2, 0.25) is 0 Å². The summed E-state index contributed by atoms with van der Waals surface area (Å²) in [5.74, 6) is 1.53. The van der Waals surface area contributed by atoms with Crippen LogP contribution in [0.25, 0.3) is 0 Å².